The van der Waals surface area contributed by atoms with Crippen molar-refractivity contribution in [2.75, 3.05) is 24.5 Å². The molecule has 1 unspecified atom stereocenters. The third kappa shape index (κ3) is 2.87. The molecule has 0 bridgehead atoms. The Morgan fingerprint density at radius 2 is 2.04 bits per heavy atom. The van der Waals surface area contributed by atoms with Gasteiger partial charge in [0.25, 0.3) is 5.91 Å². The average molecular weight is 359 g/mol. The van der Waals surface area contributed by atoms with Crippen LogP contribution in [-0.4, -0.2) is 51.0 Å². The van der Waals surface area contributed by atoms with E-state index in [1.54, 1.807) is 18.7 Å². The summed E-state index contributed by atoms with van der Waals surface area (Å²) in [5.41, 5.74) is 3.37. The number of fused-ring (bicyclic) bond motifs is 3. The van der Waals surface area contributed by atoms with Gasteiger partial charge in [0.15, 0.2) is 0 Å². The van der Waals surface area contributed by atoms with Crippen LogP contribution in [0, 0.1) is 0 Å². The number of carbonyl (C=O) groups is 1. The van der Waals surface area contributed by atoms with E-state index in [2.05, 4.69) is 39.1 Å². The van der Waals surface area contributed by atoms with E-state index in [0.717, 1.165) is 38.3 Å². The van der Waals surface area contributed by atoms with E-state index in [0.29, 0.717) is 11.6 Å². The van der Waals surface area contributed by atoms with Crippen molar-refractivity contribution in [3.05, 3.63) is 72.4 Å². The molecule has 1 atom stereocenters. The van der Waals surface area contributed by atoms with Crippen molar-refractivity contribution < 1.29 is 4.79 Å². The Labute approximate surface area is 158 Å². The largest absolute Gasteiger partial charge is 0.366 e. The molecule has 0 saturated carbocycles. The molecule has 136 valence electrons. The number of amides is 1. The molecule has 0 aliphatic carbocycles. The lowest BCUT2D eigenvalue weighted by Crippen LogP contribution is -2.41. The normalized spacial score (nSPS) is 18.7. The maximum Gasteiger partial charge on any atom is 0.255 e. The van der Waals surface area contributed by atoms with Gasteiger partial charge in [0.1, 0.15) is 12.1 Å². The highest BCUT2D eigenvalue weighted by atomic mass is 16.2. The molecule has 1 aromatic carbocycles. The predicted octanol–water partition coefficient (Wildman–Crippen LogP) is 2.54. The summed E-state index contributed by atoms with van der Waals surface area (Å²) < 4.78 is 1.83. The van der Waals surface area contributed by atoms with E-state index in [1.165, 1.54) is 11.3 Å². The van der Waals surface area contributed by atoms with E-state index in [4.69, 9.17) is 0 Å². The van der Waals surface area contributed by atoms with Crippen LogP contribution < -0.4 is 4.90 Å². The molecule has 4 heterocycles. The number of pyridine rings is 1. The zero-order valence-electron chi connectivity index (χ0n) is 15.0. The standard InChI is InChI=1S/C21H21N5O/c27-21(17-6-7-20(23-13-17)25-11-8-22-15-25)24-9-3-10-26-18(14-24)12-16-4-1-2-5-19(16)26/h1-2,4-8,11,13,15,18H,3,9-10,12,14H2. The first kappa shape index (κ1) is 16.1. The predicted molar refractivity (Wildman–Crippen MR) is 103 cm³/mol. The Balaban J connectivity index is 1.34. The van der Waals surface area contributed by atoms with Crippen molar-refractivity contribution in [2.24, 2.45) is 0 Å². The summed E-state index contributed by atoms with van der Waals surface area (Å²) in [5.74, 6) is 0.829. The number of imidazole rings is 1. The van der Waals surface area contributed by atoms with Crippen molar-refractivity contribution in [1.82, 2.24) is 19.4 Å². The molecule has 1 saturated heterocycles. The molecule has 0 radical (unpaired) electrons. The Bertz CT molecular complexity index is 951. The molecule has 1 amide bonds. The van der Waals surface area contributed by atoms with Crippen molar-refractivity contribution in [3.8, 4) is 5.82 Å². The van der Waals surface area contributed by atoms with Gasteiger partial charge in [-0.25, -0.2) is 9.97 Å². The number of para-hydroxylation sites is 1. The van der Waals surface area contributed by atoms with Gasteiger partial charge in [0.2, 0.25) is 0 Å². The minimum absolute atomic E-state index is 0.0671. The summed E-state index contributed by atoms with van der Waals surface area (Å²) in [4.78, 5) is 26.0. The first-order valence-corrected chi connectivity index (χ1v) is 9.38. The van der Waals surface area contributed by atoms with E-state index in [9.17, 15) is 4.79 Å². The van der Waals surface area contributed by atoms with Crippen LogP contribution in [-0.2, 0) is 6.42 Å². The monoisotopic (exact) mass is 359 g/mol. The van der Waals surface area contributed by atoms with Gasteiger partial charge >= 0.3 is 0 Å². The Morgan fingerprint density at radius 3 is 2.85 bits per heavy atom. The van der Waals surface area contributed by atoms with Gasteiger partial charge in [-0.15, -0.1) is 0 Å². The highest BCUT2D eigenvalue weighted by Gasteiger charge is 2.33. The fourth-order valence-corrected chi connectivity index (χ4v) is 4.20. The maximum absolute atomic E-state index is 13.1. The summed E-state index contributed by atoms with van der Waals surface area (Å²) in [6.45, 7) is 2.55. The Hall–Kier alpha value is -3.15. The number of hydrogen-bond acceptors (Lipinski definition) is 4. The van der Waals surface area contributed by atoms with E-state index >= 15 is 0 Å². The quantitative estimate of drug-likeness (QED) is 0.706. The van der Waals surface area contributed by atoms with Crippen LogP contribution in [0.5, 0.6) is 0 Å². The number of aromatic nitrogens is 3. The molecular formula is C21H21N5O. The second-order valence-electron chi connectivity index (χ2n) is 7.16. The molecule has 1 fully saturated rings. The highest BCUT2D eigenvalue weighted by molar-refractivity contribution is 5.94. The average Bonchev–Trinajstić information content (AvgIpc) is 3.31. The van der Waals surface area contributed by atoms with E-state index < -0.39 is 0 Å². The lowest BCUT2D eigenvalue weighted by molar-refractivity contribution is 0.0755. The molecule has 6 nitrogen and oxygen atoms in total. The second-order valence-corrected chi connectivity index (χ2v) is 7.16. The van der Waals surface area contributed by atoms with E-state index in [-0.39, 0.29) is 5.91 Å². The number of nitrogens with zero attached hydrogens (tertiary/aromatic N) is 5. The minimum atomic E-state index is 0.0671. The molecular weight excluding hydrogens is 338 g/mol. The number of anilines is 1. The van der Waals surface area contributed by atoms with Crippen molar-refractivity contribution >= 4 is 11.6 Å². The fraction of sp³-hybridized carbons (Fsp3) is 0.286. The van der Waals surface area contributed by atoms with Crippen LogP contribution in [0.1, 0.15) is 22.3 Å². The van der Waals surface area contributed by atoms with Crippen molar-refractivity contribution in [1.29, 1.82) is 0 Å². The van der Waals surface area contributed by atoms with Crippen LogP contribution in [0.3, 0.4) is 0 Å². The van der Waals surface area contributed by atoms with Crippen LogP contribution in [0.25, 0.3) is 5.82 Å². The van der Waals surface area contributed by atoms with Gasteiger partial charge in [-0.05, 0) is 36.6 Å². The van der Waals surface area contributed by atoms with Gasteiger partial charge in [0.05, 0.1) is 11.6 Å². The topological polar surface area (TPSA) is 54.3 Å². The summed E-state index contributed by atoms with van der Waals surface area (Å²) in [6.07, 6.45) is 8.91. The Kier molecular flexibility index (Phi) is 3.89. The molecule has 5 rings (SSSR count). The first-order valence-electron chi connectivity index (χ1n) is 9.38. The molecule has 0 spiro atoms. The lowest BCUT2D eigenvalue weighted by Gasteiger charge is -2.27. The number of rotatable bonds is 2. The SMILES string of the molecule is O=C(c1ccc(-n2ccnc2)nc1)N1CCCN2c3ccccc3CC2C1. The van der Waals surface area contributed by atoms with Crippen molar-refractivity contribution in [3.63, 3.8) is 0 Å². The minimum Gasteiger partial charge on any atom is -0.366 e. The third-order valence-corrected chi connectivity index (χ3v) is 5.51. The van der Waals surface area contributed by atoms with Crippen LogP contribution in [0.15, 0.2) is 61.3 Å². The molecule has 27 heavy (non-hydrogen) atoms. The summed E-state index contributed by atoms with van der Waals surface area (Å²) in [7, 11) is 0. The molecule has 2 aromatic heterocycles. The molecule has 2 aliphatic heterocycles. The smallest absolute Gasteiger partial charge is 0.255 e. The molecule has 2 aliphatic rings. The number of carbonyl (C=O) groups excluding carboxylic acids is 1. The van der Waals surface area contributed by atoms with Crippen LogP contribution in [0.4, 0.5) is 5.69 Å². The highest BCUT2D eigenvalue weighted by Crippen LogP contribution is 2.33. The number of benzene rings is 1. The van der Waals surface area contributed by atoms with Gasteiger partial charge in [0, 0.05) is 43.9 Å². The third-order valence-electron chi connectivity index (χ3n) is 5.51. The summed E-state index contributed by atoms with van der Waals surface area (Å²) in [5, 5.41) is 0. The van der Waals surface area contributed by atoms with Crippen molar-refractivity contribution in [2.45, 2.75) is 18.9 Å². The zero-order valence-corrected chi connectivity index (χ0v) is 15.0. The molecule has 0 N–H and O–H groups in total. The number of hydrogen-bond donors (Lipinski definition) is 0. The zero-order chi connectivity index (χ0) is 18.2. The molecule has 6 heteroatoms. The fourth-order valence-electron chi connectivity index (χ4n) is 4.20. The Morgan fingerprint density at radius 1 is 1.11 bits per heavy atom. The van der Waals surface area contributed by atoms with E-state index in [1.807, 2.05) is 27.8 Å². The second kappa shape index (κ2) is 6.54. The van der Waals surface area contributed by atoms with Crippen LogP contribution in [0.2, 0.25) is 0 Å². The maximum atomic E-state index is 13.1. The summed E-state index contributed by atoms with van der Waals surface area (Å²) >= 11 is 0. The van der Waals surface area contributed by atoms with Gasteiger partial charge in [-0.1, -0.05) is 18.2 Å². The van der Waals surface area contributed by atoms with Gasteiger partial charge < -0.3 is 9.80 Å². The first-order chi connectivity index (χ1) is 13.3. The molecule has 3 aromatic rings. The van der Waals surface area contributed by atoms with Gasteiger partial charge in [-0.2, -0.15) is 0 Å². The van der Waals surface area contributed by atoms with Crippen LogP contribution >= 0.6 is 0 Å². The van der Waals surface area contributed by atoms with Gasteiger partial charge in [-0.3, -0.25) is 9.36 Å². The summed E-state index contributed by atoms with van der Waals surface area (Å²) in [6, 6.07) is 12.7. The lowest BCUT2D eigenvalue weighted by atomic mass is 10.1.